The number of hydrogen-bond acceptors (Lipinski definition) is 4. The smallest absolute Gasteiger partial charge is 0.411 e. The Morgan fingerprint density at radius 3 is 2.76 bits per heavy atom. The van der Waals surface area contributed by atoms with Crippen molar-refractivity contribution in [3.8, 4) is 17.0 Å². The third-order valence-corrected chi connectivity index (χ3v) is 4.48. The molecule has 0 saturated heterocycles. The molecular formula is C23H27N3O3. The molecule has 0 fully saturated rings. The molecule has 0 atom stereocenters. The summed E-state index contributed by atoms with van der Waals surface area (Å²) in [6, 6.07) is 13.5. The van der Waals surface area contributed by atoms with Gasteiger partial charge in [-0.3, -0.25) is 5.32 Å². The average Bonchev–Trinajstić information content (AvgIpc) is 2.97. The summed E-state index contributed by atoms with van der Waals surface area (Å²) in [6.07, 6.45) is 1.09. The summed E-state index contributed by atoms with van der Waals surface area (Å²) in [5.74, 6) is 0.812. The van der Waals surface area contributed by atoms with E-state index >= 15 is 0 Å². The number of carbonyl (C=O) groups is 1. The van der Waals surface area contributed by atoms with E-state index in [-0.39, 0.29) is 12.7 Å². The molecule has 1 heterocycles. The molecule has 152 valence electrons. The van der Waals surface area contributed by atoms with Crippen LogP contribution in [0.15, 0.2) is 55.1 Å². The van der Waals surface area contributed by atoms with Crippen molar-refractivity contribution in [2.45, 2.75) is 33.4 Å². The molecule has 1 amide bonds. The standard InChI is InChI=1S/C23H27N3O3/c1-5-12-28-23(27)25-17-9-7-8-16(13-17)22-21(24)19-11-10-18(29-15(3)4)14-20(19)26(22)6-2/h5,7-11,13-15H,1,6,12,24H2,2-4H3,(H,25,27). The molecule has 0 bridgehead atoms. The zero-order valence-electron chi connectivity index (χ0n) is 17.1. The first-order valence-electron chi connectivity index (χ1n) is 9.68. The second-order valence-corrected chi connectivity index (χ2v) is 6.95. The van der Waals surface area contributed by atoms with Crippen LogP contribution in [0.4, 0.5) is 16.2 Å². The van der Waals surface area contributed by atoms with E-state index in [1.165, 1.54) is 6.08 Å². The second kappa shape index (κ2) is 8.73. The van der Waals surface area contributed by atoms with Gasteiger partial charge in [0.25, 0.3) is 0 Å². The van der Waals surface area contributed by atoms with Crippen molar-refractivity contribution in [3.05, 3.63) is 55.1 Å². The van der Waals surface area contributed by atoms with Crippen LogP contribution in [0.1, 0.15) is 20.8 Å². The summed E-state index contributed by atoms with van der Waals surface area (Å²) in [7, 11) is 0. The topological polar surface area (TPSA) is 78.5 Å². The highest BCUT2D eigenvalue weighted by molar-refractivity contribution is 6.02. The fraction of sp³-hybridized carbons (Fsp3) is 0.261. The molecule has 0 aliphatic carbocycles. The summed E-state index contributed by atoms with van der Waals surface area (Å²) in [5.41, 5.74) is 10.7. The zero-order chi connectivity index (χ0) is 21.0. The molecule has 0 aliphatic heterocycles. The average molecular weight is 393 g/mol. The number of nitrogens with zero attached hydrogens (tertiary/aromatic N) is 1. The Morgan fingerprint density at radius 1 is 1.28 bits per heavy atom. The highest BCUT2D eigenvalue weighted by Crippen LogP contribution is 2.38. The van der Waals surface area contributed by atoms with Crippen LogP contribution in [0.5, 0.6) is 5.75 Å². The Morgan fingerprint density at radius 2 is 2.07 bits per heavy atom. The van der Waals surface area contributed by atoms with Gasteiger partial charge in [-0.1, -0.05) is 24.8 Å². The Bertz CT molecular complexity index is 1040. The zero-order valence-corrected chi connectivity index (χ0v) is 17.1. The van der Waals surface area contributed by atoms with Crippen molar-refractivity contribution < 1.29 is 14.3 Å². The molecular weight excluding hydrogens is 366 g/mol. The highest BCUT2D eigenvalue weighted by atomic mass is 16.5. The minimum Gasteiger partial charge on any atom is -0.491 e. The number of nitrogens with one attached hydrogen (secondary N) is 1. The van der Waals surface area contributed by atoms with Crippen LogP contribution < -0.4 is 15.8 Å². The maximum Gasteiger partial charge on any atom is 0.411 e. The molecule has 3 N–H and O–H groups in total. The number of aromatic nitrogens is 1. The molecule has 6 nitrogen and oxygen atoms in total. The van der Waals surface area contributed by atoms with Gasteiger partial charge < -0.3 is 19.8 Å². The number of fused-ring (bicyclic) bond motifs is 1. The van der Waals surface area contributed by atoms with Gasteiger partial charge in [0.2, 0.25) is 0 Å². The largest absolute Gasteiger partial charge is 0.491 e. The Kier molecular flexibility index (Phi) is 6.12. The lowest BCUT2D eigenvalue weighted by molar-refractivity contribution is 0.174. The van der Waals surface area contributed by atoms with Crippen molar-refractivity contribution in [2.75, 3.05) is 17.7 Å². The SMILES string of the molecule is C=CCOC(=O)Nc1cccc(-c2c(N)c3ccc(OC(C)C)cc3n2CC)c1. The number of benzene rings is 2. The van der Waals surface area contributed by atoms with E-state index in [1.54, 1.807) is 0 Å². The minimum atomic E-state index is -0.526. The van der Waals surface area contributed by atoms with E-state index in [9.17, 15) is 4.79 Å². The van der Waals surface area contributed by atoms with Crippen LogP contribution in [-0.4, -0.2) is 23.4 Å². The molecule has 2 aromatic carbocycles. The lowest BCUT2D eigenvalue weighted by Gasteiger charge is -2.12. The lowest BCUT2D eigenvalue weighted by Crippen LogP contribution is -2.13. The monoisotopic (exact) mass is 393 g/mol. The van der Waals surface area contributed by atoms with E-state index in [1.807, 2.05) is 56.3 Å². The normalized spacial score (nSPS) is 10.9. The Balaban J connectivity index is 2.03. The molecule has 3 aromatic rings. The first-order valence-corrected chi connectivity index (χ1v) is 9.68. The van der Waals surface area contributed by atoms with Gasteiger partial charge in [0.1, 0.15) is 12.4 Å². The van der Waals surface area contributed by atoms with E-state index in [0.29, 0.717) is 11.4 Å². The van der Waals surface area contributed by atoms with E-state index < -0.39 is 6.09 Å². The lowest BCUT2D eigenvalue weighted by atomic mass is 10.1. The van der Waals surface area contributed by atoms with Crippen molar-refractivity contribution in [1.29, 1.82) is 0 Å². The second-order valence-electron chi connectivity index (χ2n) is 6.95. The van der Waals surface area contributed by atoms with Crippen molar-refractivity contribution in [3.63, 3.8) is 0 Å². The van der Waals surface area contributed by atoms with Crippen LogP contribution in [0.2, 0.25) is 0 Å². The molecule has 0 saturated carbocycles. The maximum atomic E-state index is 11.9. The van der Waals surface area contributed by atoms with Crippen LogP contribution >= 0.6 is 0 Å². The molecule has 29 heavy (non-hydrogen) atoms. The van der Waals surface area contributed by atoms with Crippen molar-refractivity contribution >= 4 is 28.4 Å². The number of aryl methyl sites for hydroxylation is 1. The van der Waals surface area contributed by atoms with Gasteiger partial charge in [-0.25, -0.2) is 4.79 Å². The Hall–Kier alpha value is -3.41. The minimum absolute atomic E-state index is 0.0953. The predicted octanol–water partition coefficient (Wildman–Crippen LogP) is 5.43. The summed E-state index contributed by atoms with van der Waals surface area (Å²) in [6.45, 7) is 10.5. The number of nitrogens with two attached hydrogens (primary N) is 1. The molecule has 0 spiro atoms. The molecule has 3 rings (SSSR count). The van der Waals surface area contributed by atoms with E-state index in [2.05, 4.69) is 23.4 Å². The number of amides is 1. The number of hydrogen-bond donors (Lipinski definition) is 2. The first kappa shape index (κ1) is 20.3. The highest BCUT2D eigenvalue weighted by Gasteiger charge is 2.17. The summed E-state index contributed by atoms with van der Waals surface area (Å²) in [4.78, 5) is 11.9. The number of carbonyl (C=O) groups excluding carboxylic acids is 1. The number of anilines is 2. The Labute approximate surface area is 170 Å². The molecule has 1 aromatic heterocycles. The van der Waals surface area contributed by atoms with Gasteiger partial charge in [0.15, 0.2) is 0 Å². The van der Waals surface area contributed by atoms with Crippen molar-refractivity contribution in [1.82, 2.24) is 4.57 Å². The number of ether oxygens (including phenoxy) is 2. The molecule has 6 heteroatoms. The number of nitrogen functional groups attached to an aromatic ring is 1. The molecule has 0 unspecified atom stereocenters. The van der Waals surface area contributed by atoms with Crippen molar-refractivity contribution in [2.24, 2.45) is 0 Å². The third kappa shape index (κ3) is 4.37. The van der Waals surface area contributed by atoms with Crippen LogP contribution in [-0.2, 0) is 11.3 Å². The van der Waals surface area contributed by atoms with Gasteiger partial charge >= 0.3 is 6.09 Å². The van der Waals surface area contributed by atoms with Gasteiger partial charge in [0.05, 0.1) is 23.0 Å². The first-order chi connectivity index (χ1) is 13.9. The summed E-state index contributed by atoms with van der Waals surface area (Å²) < 4.78 is 13.0. The predicted molar refractivity (Wildman–Crippen MR) is 118 cm³/mol. The summed E-state index contributed by atoms with van der Waals surface area (Å²) in [5, 5.41) is 3.70. The van der Waals surface area contributed by atoms with E-state index in [0.717, 1.165) is 34.5 Å². The van der Waals surface area contributed by atoms with E-state index in [4.69, 9.17) is 15.2 Å². The van der Waals surface area contributed by atoms with Gasteiger partial charge in [-0.15, -0.1) is 0 Å². The van der Waals surface area contributed by atoms with Gasteiger partial charge in [0, 0.05) is 29.2 Å². The molecule has 0 radical (unpaired) electrons. The fourth-order valence-corrected chi connectivity index (χ4v) is 3.37. The number of rotatable bonds is 7. The maximum absolute atomic E-state index is 11.9. The van der Waals surface area contributed by atoms with Crippen LogP contribution in [0, 0.1) is 0 Å². The molecule has 0 aliphatic rings. The van der Waals surface area contributed by atoms with Gasteiger partial charge in [-0.2, -0.15) is 0 Å². The van der Waals surface area contributed by atoms with Crippen LogP contribution in [0.25, 0.3) is 22.2 Å². The van der Waals surface area contributed by atoms with Crippen LogP contribution in [0.3, 0.4) is 0 Å². The quantitative estimate of drug-likeness (QED) is 0.525. The van der Waals surface area contributed by atoms with Gasteiger partial charge in [-0.05, 0) is 45.0 Å². The summed E-state index contributed by atoms with van der Waals surface area (Å²) >= 11 is 0. The fourth-order valence-electron chi connectivity index (χ4n) is 3.37. The third-order valence-electron chi connectivity index (χ3n) is 4.48.